The number of nitrogens with one attached hydrogen (secondary N) is 1. The predicted molar refractivity (Wildman–Crippen MR) is 139 cm³/mol. The van der Waals surface area contributed by atoms with E-state index in [4.69, 9.17) is 4.74 Å². The lowest BCUT2D eigenvalue weighted by Crippen LogP contribution is -2.16. The number of aromatic nitrogens is 3. The number of thiophene rings is 2. The van der Waals surface area contributed by atoms with Gasteiger partial charge >= 0.3 is 5.97 Å². The molecule has 182 valence electrons. The molecule has 3 heterocycles. The van der Waals surface area contributed by atoms with Crippen LogP contribution in [0.25, 0.3) is 11.4 Å². The number of esters is 1. The highest BCUT2D eigenvalue weighted by Crippen LogP contribution is 2.37. The summed E-state index contributed by atoms with van der Waals surface area (Å²) in [5.41, 5.74) is 3.04. The SMILES string of the molecule is CCCn1c(SCC(=O)Nc2sc(CC)cc2C(=O)OCC)nnc1-c1csc2c1CCCC2. The maximum atomic E-state index is 12.8. The quantitative estimate of drug-likeness (QED) is 0.269. The van der Waals surface area contributed by atoms with Gasteiger partial charge in [0.25, 0.3) is 0 Å². The van der Waals surface area contributed by atoms with Gasteiger partial charge in [-0.1, -0.05) is 25.6 Å². The minimum absolute atomic E-state index is 0.180. The van der Waals surface area contributed by atoms with Crippen molar-refractivity contribution in [3.8, 4) is 11.4 Å². The standard InChI is InChI=1S/C24H30N4O3S3/c1-4-11-28-21(18-13-32-19-10-8-7-9-16(18)19)26-27-24(28)33-14-20(29)25-22-17(23(30)31-6-3)12-15(5-2)34-22/h12-13H,4-11,14H2,1-3H3,(H,25,29). The summed E-state index contributed by atoms with van der Waals surface area (Å²) in [6.07, 6.45) is 6.47. The average Bonchev–Trinajstić information content (AvgIpc) is 3.55. The highest BCUT2D eigenvalue weighted by atomic mass is 32.2. The van der Waals surface area contributed by atoms with Gasteiger partial charge in [0.2, 0.25) is 5.91 Å². The summed E-state index contributed by atoms with van der Waals surface area (Å²) in [6, 6.07) is 1.80. The summed E-state index contributed by atoms with van der Waals surface area (Å²) in [6.45, 7) is 7.02. The molecule has 1 N–H and O–H groups in total. The van der Waals surface area contributed by atoms with Gasteiger partial charge in [-0.2, -0.15) is 0 Å². The maximum absolute atomic E-state index is 12.8. The Balaban J connectivity index is 1.48. The Hall–Kier alpha value is -2.17. The van der Waals surface area contributed by atoms with Crippen LogP contribution in [0.2, 0.25) is 0 Å². The van der Waals surface area contributed by atoms with E-state index in [0.717, 1.165) is 48.1 Å². The molecule has 34 heavy (non-hydrogen) atoms. The molecular formula is C24H30N4O3S3. The number of aryl methyl sites for hydroxylation is 2. The molecule has 0 atom stereocenters. The van der Waals surface area contributed by atoms with E-state index in [2.05, 4.69) is 32.4 Å². The topological polar surface area (TPSA) is 86.1 Å². The van der Waals surface area contributed by atoms with Gasteiger partial charge in [-0.25, -0.2) is 4.79 Å². The first-order chi connectivity index (χ1) is 16.5. The van der Waals surface area contributed by atoms with Crippen LogP contribution < -0.4 is 5.32 Å². The Labute approximate surface area is 212 Å². The average molecular weight is 519 g/mol. The number of anilines is 1. The predicted octanol–water partition coefficient (Wildman–Crippen LogP) is 5.83. The first-order valence-electron chi connectivity index (χ1n) is 11.8. The molecule has 0 unspecified atom stereocenters. The highest BCUT2D eigenvalue weighted by Gasteiger charge is 2.23. The van der Waals surface area contributed by atoms with Crippen LogP contribution in [-0.4, -0.2) is 39.0 Å². The van der Waals surface area contributed by atoms with Gasteiger partial charge < -0.3 is 14.6 Å². The first kappa shape index (κ1) is 24.9. The molecule has 0 saturated carbocycles. The Morgan fingerprint density at radius 2 is 2.03 bits per heavy atom. The largest absolute Gasteiger partial charge is 0.462 e. The molecule has 0 aliphatic heterocycles. The van der Waals surface area contributed by atoms with Gasteiger partial charge in [0.1, 0.15) is 5.00 Å². The number of ether oxygens (including phenoxy) is 1. The zero-order valence-electron chi connectivity index (χ0n) is 19.8. The summed E-state index contributed by atoms with van der Waals surface area (Å²) in [7, 11) is 0. The van der Waals surface area contributed by atoms with Crippen molar-refractivity contribution in [2.45, 2.75) is 71.0 Å². The van der Waals surface area contributed by atoms with Crippen molar-refractivity contribution in [1.82, 2.24) is 14.8 Å². The molecule has 0 bridgehead atoms. The van der Waals surface area contributed by atoms with Crippen molar-refractivity contribution < 1.29 is 14.3 Å². The number of hydrogen-bond acceptors (Lipinski definition) is 8. The number of nitrogens with zero attached hydrogens (tertiary/aromatic N) is 3. The summed E-state index contributed by atoms with van der Waals surface area (Å²) >= 11 is 4.62. The Bertz CT molecular complexity index is 1160. The zero-order valence-corrected chi connectivity index (χ0v) is 22.3. The number of hydrogen-bond donors (Lipinski definition) is 1. The van der Waals surface area contributed by atoms with Gasteiger partial charge in [-0.3, -0.25) is 4.79 Å². The third-order valence-corrected chi connectivity index (χ3v) is 8.93. The van der Waals surface area contributed by atoms with Crippen LogP contribution in [-0.2, 0) is 35.3 Å². The van der Waals surface area contributed by atoms with Crippen LogP contribution in [0.15, 0.2) is 16.6 Å². The normalized spacial score (nSPS) is 13.0. The smallest absolute Gasteiger partial charge is 0.341 e. The molecule has 0 fully saturated rings. The van der Waals surface area contributed by atoms with Crippen LogP contribution in [0.3, 0.4) is 0 Å². The summed E-state index contributed by atoms with van der Waals surface area (Å²) in [5.74, 6) is 0.499. The molecule has 0 saturated heterocycles. The molecule has 10 heteroatoms. The van der Waals surface area contributed by atoms with E-state index in [1.165, 1.54) is 51.9 Å². The summed E-state index contributed by atoms with van der Waals surface area (Å²) < 4.78 is 7.29. The van der Waals surface area contributed by atoms with E-state index in [0.29, 0.717) is 17.2 Å². The second-order valence-electron chi connectivity index (χ2n) is 8.08. The van der Waals surface area contributed by atoms with Crippen LogP contribution >= 0.6 is 34.4 Å². The van der Waals surface area contributed by atoms with Crippen molar-refractivity contribution in [3.63, 3.8) is 0 Å². The van der Waals surface area contributed by atoms with Gasteiger partial charge in [0, 0.05) is 27.2 Å². The Morgan fingerprint density at radius 3 is 2.79 bits per heavy atom. The molecule has 1 aliphatic carbocycles. The minimum Gasteiger partial charge on any atom is -0.462 e. The molecule has 0 radical (unpaired) electrons. The second kappa shape index (κ2) is 11.5. The van der Waals surface area contributed by atoms with Crippen molar-refractivity contribution >= 4 is 51.3 Å². The first-order valence-corrected chi connectivity index (χ1v) is 14.5. The Morgan fingerprint density at radius 1 is 1.21 bits per heavy atom. The lowest BCUT2D eigenvalue weighted by Gasteiger charge is -2.13. The molecule has 3 aromatic heterocycles. The highest BCUT2D eigenvalue weighted by molar-refractivity contribution is 7.99. The molecule has 0 aromatic carbocycles. The second-order valence-corrected chi connectivity index (χ2v) is 11.1. The van der Waals surface area contributed by atoms with Crippen molar-refractivity contribution in [3.05, 3.63) is 32.3 Å². The molecule has 3 aromatic rings. The molecule has 0 spiro atoms. The van der Waals surface area contributed by atoms with E-state index in [9.17, 15) is 9.59 Å². The van der Waals surface area contributed by atoms with Gasteiger partial charge in [-0.15, -0.1) is 32.9 Å². The lowest BCUT2D eigenvalue weighted by molar-refractivity contribution is -0.113. The molecule has 4 rings (SSSR count). The van der Waals surface area contributed by atoms with Crippen LogP contribution in [0, 0.1) is 0 Å². The van der Waals surface area contributed by atoms with Gasteiger partial charge in [0.15, 0.2) is 11.0 Å². The third-order valence-electron chi connectivity index (χ3n) is 5.68. The number of carbonyl (C=O) groups is 2. The fourth-order valence-electron chi connectivity index (χ4n) is 4.06. The van der Waals surface area contributed by atoms with Gasteiger partial charge in [-0.05, 0) is 57.1 Å². The fourth-order valence-corrected chi connectivity index (χ4v) is 6.95. The van der Waals surface area contributed by atoms with Crippen LogP contribution in [0.5, 0.6) is 0 Å². The monoisotopic (exact) mass is 518 g/mol. The lowest BCUT2D eigenvalue weighted by atomic mass is 9.95. The number of thioether (sulfide) groups is 1. The maximum Gasteiger partial charge on any atom is 0.341 e. The minimum atomic E-state index is -0.409. The van der Waals surface area contributed by atoms with Crippen LogP contribution in [0.1, 0.15) is 65.7 Å². The van der Waals surface area contributed by atoms with E-state index >= 15 is 0 Å². The molecule has 1 amide bonds. The zero-order chi connectivity index (χ0) is 24.1. The van der Waals surface area contributed by atoms with Crippen molar-refractivity contribution in [1.29, 1.82) is 0 Å². The van der Waals surface area contributed by atoms with E-state index in [1.54, 1.807) is 13.0 Å². The number of carbonyl (C=O) groups excluding carboxylic acids is 2. The van der Waals surface area contributed by atoms with E-state index in [-0.39, 0.29) is 11.7 Å². The third kappa shape index (κ3) is 5.39. The van der Waals surface area contributed by atoms with Crippen LogP contribution in [0.4, 0.5) is 5.00 Å². The molecular weight excluding hydrogens is 488 g/mol. The van der Waals surface area contributed by atoms with Gasteiger partial charge in [0.05, 0.1) is 17.9 Å². The number of rotatable bonds is 10. The molecule has 1 aliphatic rings. The Kier molecular flexibility index (Phi) is 8.44. The number of fused-ring (bicyclic) bond motifs is 1. The molecule has 7 nitrogen and oxygen atoms in total. The van der Waals surface area contributed by atoms with E-state index < -0.39 is 5.97 Å². The van der Waals surface area contributed by atoms with E-state index in [1.807, 2.05) is 18.3 Å². The summed E-state index contributed by atoms with van der Waals surface area (Å²) in [5, 5.41) is 15.4. The number of amides is 1. The fraction of sp³-hybridized carbons (Fsp3) is 0.500. The summed E-state index contributed by atoms with van der Waals surface area (Å²) in [4.78, 5) is 27.6. The van der Waals surface area contributed by atoms with Crippen molar-refractivity contribution in [2.24, 2.45) is 0 Å². The van der Waals surface area contributed by atoms with Crippen molar-refractivity contribution in [2.75, 3.05) is 17.7 Å².